The van der Waals surface area contributed by atoms with Gasteiger partial charge in [0.05, 0.1) is 0 Å². The Labute approximate surface area is 179 Å². The van der Waals surface area contributed by atoms with Gasteiger partial charge in [0.15, 0.2) is 0 Å². The maximum atomic E-state index is 16.4. The average Bonchev–Trinajstić information content (AvgIpc) is 2.69. The monoisotopic (exact) mass is 536 g/mol. The van der Waals surface area contributed by atoms with Crippen LogP contribution in [0.4, 0.5) is 10.5 Å². The summed E-state index contributed by atoms with van der Waals surface area (Å²) in [6.45, 7) is 1.25. The Kier molecular flexibility index (Phi) is 7.80. The number of unbranched alkanes of at least 4 members (excludes halogenated alkanes) is 3. The number of benzene rings is 1. The first-order valence-corrected chi connectivity index (χ1v) is 18.8. The van der Waals surface area contributed by atoms with Crippen molar-refractivity contribution in [1.29, 1.82) is 0 Å². The summed E-state index contributed by atoms with van der Waals surface area (Å²) >= 11 is -12.5. The van der Waals surface area contributed by atoms with E-state index in [1.54, 1.807) is 32.9 Å². The second kappa shape index (κ2) is 8.44. The summed E-state index contributed by atoms with van der Waals surface area (Å²) in [5.74, 6) is 0. The molecule has 0 saturated carbocycles. The second-order valence-electron chi connectivity index (χ2n) is 8.31. The molecule has 0 heterocycles. The summed E-state index contributed by atoms with van der Waals surface area (Å²) in [6, 6.07) is 5.97. The molecule has 5 nitrogen and oxygen atoms in total. The SMILES string of the molecule is CCCC[O][Zr]([F])([F])([F])([F])([O]CCCC)([O]CCCC)[O]Cc1ccc(COC)cc1. The van der Waals surface area contributed by atoms with Crippen LogP contribution < -0.4 is 0 Å². The van der Waals surface area contributed by atoms with Crippen LogP contribution in [-0.2, 0) is 47.7 Å². The molecule has 0 atom stereocenters. The fourth-order valence-corrected chi connectivity index (χ4v) is 10.7. The summed E-state index contributed by atoms with van der Waals surface area (Å²) < 4.78 is 87.4. The number of hydrogen-bond acceptors (Lipinski definition) is 5. The molecule has 0 aliphatic rings. The minimum atomic E-state index is -12.5. The molecule has 0 aliphatic heterocycles. The van der Waals surface area contributed by atoms with Gasteiger partial charge in [0.25, 0.3) is 0 Å². The molecule has 0 fully saturated rings. The van der Waals surface area contributed by atoms with Crippen LogP contribution in [0.2, 0.25) is 0 Å². The van der Waals surface area contributed by atoms with Gasteiger partial charge in [0.1, 0.15) is 0 Å². The van der Waals surface area contributed by atoms with Gasteiger partial charge in [-0.05, 0) is 0 Å². The van der Waals surface area contributed by atoms with Gasteiger partial charge in [0.2, 0.25) is 0 Å². The molecule has 1 aromatic rings. The fraction of sp³-hybridized carbons (Fsp3) is 0.714. The van der Waals surface area contributed by atoms with E-state index in [1.165, 1.54) is 19.2 Å². The fourth-order valence-electron chi connectivity index (χ4n) is 2.92. The molecule has 1 rings (SSSR count). The van der Waals surface area contributed by atoms with E-state index in [-0.39, 0.29) is 24.8 Å². The number of hydrogen-bond donors (Lipinski definition) is 0. The van der Waals surface area contributed by atoms with Crippen LogP contribution in [0.3, 0.4) is 0 Å². The Balaban J connectivity index is 3.42. The Morgan fingerprint density at radius 3 is 1.29 bits per heavy atom. The standard InChI is InChI=1S/C9H11O2.3C4H9O.4FH.Zr/c1-11-7-9-4-2-8(6-10)3-5-9;3*1-2-3-4-5;;;;;/h2-5H,6-7H2,1H3;3*2-4H2,1H3;4*1H;/q4*-1;;;;;+8/p-4. The average molecular weight is 538 g/mol. The summed E-state index contributed by atoms with van der Waals surface area (Å²) in [4.78, 5) is 0. The van der Waals surface area contributed by atoms with E-state index in [4.69, 9.17) is 4.74 Å². The van der Waals surface area contributed by atoms with Gasteiger partial charge in [-0.2, -0.15) is 0 Å². The molecule has 0 aliphatic carbocycles. The number of ether oxygens (including phenoxy) is 1. The van der Waals surface area contributed by atoms with Crippen molar-refractivity contribution in [2.24, 2.45) is 0 Å². The molecule has 184 valence electrons. The summed E-state index contributed by atoms with van der Waals surface area (Å²) in [5.41, 5.74) is 0.846. The third-order valence-corrected chi connectivity index (χ3v) is 14.6. The molecular formula is C21H38F4O5Zr. The molecule has 10 heteroatoms. The first-order chi connectivity index (χ1) is 14.2. The predicted molar refractivity (Wildman–Crippen MR) is 109 cm³/mol. The van der Waals surface area contributed by atoms with Crippen molar-refractivity contribution in [3.8, 4) is 0 Å². The van der Waals surface area contributed by atoms with E-state index in [0.717, 1.165) is 5.56 Å². The van der Waals surface area contributed by atoms with E-state index in [9.17, 15) is 0 Å². The predicted octanol–water partition coefficient (Wildman–Crippen LogP) is 7.29. The van der Waals surface area contributed by atoms with Gasteiger partial charge < -0.3 is 0 Å². The van der Waals surface area contributed by atoms with Crippen LogP contribution in [0.15, 0.2) is 24.3 Å². The Bertz CT molecular complexity index is 707. The molecule has 0 spiro atoms. The summed E-state index contributed by atoms with van der Waals surface area (Å²) in [6.07, 6.45) is 0.969. The van der Waals surface area contributed by atoms with Gasteiger partial charge in [-0.3, -0.25) is 0 Å². The molecule has 0 saturated heterocycles. The molecule has 31 heavy (non-hydrogen) atoms. The van der Waals surface area contributed by atoms with Gasteiger partial charge in [-0.25, -0.2) is 0 Å². The van der Waals surface area contributed by atoms with E-state index >= 15 is 10.5 Å². The maximum absolute atomic E-state index is 16.4. The van der Waals surface area contributed by atoms with Crippen molar-refractivity contribution in [3.05, 3.63) is 35.4 Å². The van der Waals surface area contributed by atoms with Crippen LogP contribution in [0.5, 0.6) is 0 Å². The second-order valence-corrected chi connectivity index (χ2v) is 21.8. The van der Waals surface area contributed by atoms with E-state index in [0.29, 0.717) is 25.9 Å². The number of methoxy groups -OCH3 is 1. The molecule has 0 amide bonds. The first-order valence-electron chi connectivity index (χ1n) is 11.1. The Morgan fingerprint density at radius 2 is 0.968 bits per heavy atom. The van der Waals surface area contributed by atoms with Crippen molar-refractivity contribution in [1.82, 2.24) is 0 Å². The van der Waals surface area contributed by atoms with Crippen LogP contribution in [-0.4, -0.2) is 26.9 Å². The summed E-state index contributed by atoms with van der Waals surface area (Å²) in [7, 11) is 1.51. The summed E-state index contributed by atoms with van der Waals surface area (Å²) in [5, 5.41) is 0. The molecule has 0 radical (unpaired) electrons. The van der Waals surface area contributed by atoms with Crippen molar-refractivity contribution < 1.29 is 45.0 Å². The van der Waals surface area contributed by atoms with Crippen LogP contribution in [0, 0.1) is 0 Å². The van der Waals surface area contributed by atoms with Gasteiger partial charge in [-0.15, -0.1) is 0 Å². The Hall–Kier alpha value is -0.377. The third kappa shape index (κ3) is 8.16. The zero-order valence-corrected chi connectivity index (χ0v) is 21.6. The minimum absolute atomic E-state index is 0.0391. The molecule has 0 bridgehead atoms. The third-order valence-electron chi connectivity index (χ3n) is 4.95. The van der Waals surface area contributed by atoms with Gasteiger partial charge >= 0.3 is 180 Å². The van der Waals surface area contributed by atoms with Crippen LogP contribution >= 0.6 is 0 Å². The quantitative estimate of drug-likeness (QED) is 0.154. The van der Waals surface area contributed by atoms with Gasteiger partial charge in [-0.1, -0.05) is 0 Å². The van der Waals surface area contributed by atoms with Crippen molar-refractivity contribution >= 4 is 0 Å². The molecule has 1 aromatic carbocycles. The van der Waals surface area contributed by atoms with E-state index < -0.39 is 45.0 Å². The first kappa shape index (κ1) is 28.7. The van der Waals surface area contributed by atoms with Crippen molar-refractivity contribution in [2.45, 2.75) is 72.5 Å². The topological polar surface area (TPSA) is 46.2 Å². The normalized spacial score (nSPS) is 17.4. The van der Waals surface area contributed by atoms with Crippen molar-refractivity contribution in [3.63, 3.8) is 0 Å². The number of rotatable bonds is 17. The molecule has 0 aromatic heterocycles. The van der Waals surface area contributed by atoms with Crippen LogP contribution in [0.25, 0.3) is 0 Å². The van der Waals surface area contributed by atoms with E-state index in [1.807, 2.05) is 0 Å². The van der Waals surface area contributed by atoms with Crippen molar-refractivity contribution in [2.75, 3.05) is 26.9 Å². The molecule has 0 unspecified atom stereocenters. The molecule has 0 N–H and O–H groups in total. The zero-order valence-electron chi connectivity index (χ0n) is 19.1. The molecular weight excluding hydrogens is 499 g/mol. The van der Waals surface area contributed by atoms with Crippen LogP contribution in [0.1, 0.15) is 70.4 Å². The van der Waals surface area contributed by atoms with Gasteiger partial charge in [0, 0.05) is 0 Å². The number of halogens is 4. The van der Waals surface area contributed by atoms with E-state index in [2.05, 4.69) is 11.3 Å². The Morgan fingerprint density at radius 1 is 0.613 bits per heavy atom. The zero-order chi connectivity index (χ0) is 23.7.